The van der Waals surface area contributed by atoms with Crippen LogP contribution in [0.15, 0.2) is 54.7 Å². The van der Waals surface area contributed by atoms with E-state index in [4.69, 9.17) is 4.74 Å². The molecule has 0 aliphatic carbocycles. The van der Waals surface area contributed by atoms with Crippen molar-refractivity contribution in [3.05, 3.63) is 77.8 Å². The van der Waals surface area contributed by atoms with Gasteiger partial charge in [-0.15, -0.1) is 0 Å². The summed E-state index contributed by atoms with van der Waals surface area (Å²) in [4.78, 5) is 20.6. The van der Waals surface area contributed by atoms with E-state index >= 15 is 4.39 Å². The molecule has 0 bridgehead atoms. The zero-order valence-electron chi connectivity index (χ0n) is 21.9. The summed E-state index contributed by atoms with van der Waals surface area (Å²) >= 11 is 0. The Balaban J connectivity index is 1.31. The number of aromatic nitrogens is 6. The number of aromatic amines is 2. The summed E-state index contributed by atoms with van der Waals surface area (Å²) in [7, 11) is 0. The lowest BCUT2D eigenvalue weighted by Gasteiger charge is -2.36. The van der Waals surface area contributed by atoms with Gasteiger partial charge in [-0.3, -0.25) is 5.10 Å². The van der Waals surface area contributed by atoms with Gasteiger partial charge < -0.3 is 24.8 Å². The molecule has 5 heterocycles. The lowest BCUT2D eigenvalue weighted by Crippen LogP contribution is -2.47. The maximum Gasteiger partial charge on any atom is 0.326 e. The standard InChI is InChI=1S/C28H27F2N9O/c1-3-6-18-14-23(37-36-18)33-22-16-25(39-11-9-38(10-12-39)24-7-4-5-8-31-24)35-28(34-22)40-21-15-20(29)27-19(26(21)30)13-17(2)32-27/h3-8,13-16,32H,9-12H2,1-2H3,(H2,33,34,35,36,37)/b6-3+. The molecular formula is C28H27F2N9O. The van der Waals surface area contributed by atoms with Gasteiger partial charge in [-0.25, -0.2) is 13.8 Å². The topological polar surface area (TPSA) is 111 Å². The Hall–Kier alpha value is -5.00. The molecule has 0 atom stereocenters. The third-order valence-corrected chi connectivity index (χ3v) is 6.57. The number of pyridine rings is 1. The highest BCUT2D eigenvalue weighted by Gasteiger charge is 2.22. The molecule has 1 aromatic carbocycles. The van der Waals surface area contributed by atoms with E-state index in [0.717, 1.165) is 30.7 Å². The highest BCUT2D eigenvalue weighted by Crippen LogP contribution is 2.33. The van der Waals surface area contributed by atoms with E-state index in [2.05, 4.69) is 45.2 Å². The molecule has 10 nitrogen and oxygen atoms in total. The monoisotopic (exact) mass is 543 g/mol. The molecule has 0 saturated carbocycles. The predicted molar refractivity (Wildman–Crippen MR) is 150 cm³/mol. The Kier molecular flexibility index (Phi) is 6.72. The van der Waals surface area contributed by atoms with Gasteiger partial charge in [0.05, 0.1) is 11.2 Å². The molecule has 12 heteroatoms. The number of allylic oxidation sites excluding steroid dienone is 1. The fourth-order valence-electron chi connectivity index (χ4n) is 4.69. The molecule has 1 saturated heterocycles. The van der Waals surface area contributed by atoms with Crippen LogP contribution in [0.25, 0.3) is 17.0 Å². The maximum absolute atomic E-state index is 15.3. The molecule has 4 aromatic heterocycles. The minimum absolute atomic E-state index is 0.0839. The second kappa shape index (κ2) is 10.6. The normalized spacial score (nSPS) is 13.9. The van der Waals surface area contributed by atoms with Crippen molar-refractivity contribution in [3.8, 4) is 11.8 Å². The molecule has 5 aromatic rings. The van der Waals surface area contributed by atoms with Gasteiger partial charge in [0.25, 0.3) is 0 Å². The van der Waals surface area contributed by atoms with Crippen molar-refractivity contribution in [2.75, 3.05) is 41.3 Å². The summed E-state index contributed by atoms with van der Waals surface area (Å²) in [5.74, 6) is 0.790. The van der Waals surface area contributed by atoms with Crippen LogP contribution in [0, 0.1) is 18.6 Å². The molecule has 3 N–H and O–H groups in total. The summed E-state index contributed by atoms with van der Waals surface area (Å²) < 4.78 is 35.8. The average Bonchev–Trinajstić information content (AvgIpc) is 3.58. The van der Waals surface area contributed by atoms with Gasteiger partial charge in [-0.05, 0) is 38.1 Å². The van der Waals surface area contributed by atoms with Crippen LogP contribution in [0.4, 0.5) is 32.1 Å². The van der Waals surface area contributed by atoms with Gasteiger partial charge in [0.15, 0.2) is 23.2 Å². The third kappa shape index (κ3) is 5.15. The van der Waals surface area contributed by atoms with E-state index < -0.39 is 11.6 Å². The molecule has 0 radical (unpaired) electrons. The first kappa shape index (κ1) is 25.3. The maximum atomic E-state index is 15.3. The van der Waals surface area contributed by atoms with E-state index in [-0.39, 0.29) is 22.7 Å². The average molecular weight is 544 g/mol. The number of nitrogens with zero attached hydrogens (tertiary/aromatic N) is 6. The van der Waals surface area contributed by atoms with Crippen LogP contribution >= 0.6 is 0 Å². The fraction of sp³-hybridized carbons (Fsp3) is 0.214. The summed E-state index contributed by atoms with van der Waals surface area (Å²) in [6.45, 7) is 6.44. The summed E-state index contributed by atoms with van der Waals surface area (Å²) in [5.41, 5.74) is 1.53. The van der Waals surface area contributed by atoms with Crippen molar-refractivity contribution in [1.29, 1.82) is 0 Å². The number of ether oxygens (including phenoxy) is 1. The number of hydrogen-bond donors (Lipinski definition) is 3. The first-order valence-corrected chi connectivity index (χ1v) is 12.9. The van der Waals surface area contributed by atoms with Crippen LogP contribution in [0.2, 0.25) is 0 Å². The van der Waals surface area contributed by atoms with Gasteiger partial charge in [0, 0.05) is 61.7 Å². The molecule has 204 valence electrons. The SMILES string of the molecule is C/C=C/c1cc(Nc2cc(N3CCN(c4ccccn4)CC3)nc(Oc3cc(F)c4[nH]c(C)cc4c3F)n2)n[nH]1. The highest BCUT2D eigenvalue weighted by molar-refractivity contribution is 5.83. The van der Waals surface area contributed by atoms with Crippen molar-refractivity contribution in [3.63, 3.8) is 0 Å². The van der Waals surface area contributed by atoms with Crippen LogP contribution in [0.5, 0.6) is 11.8 Å². The Bertz CT molecular complexity index is 1670. The number of benzene rings is 1. The third-order valence-electron chi connectivity index (χ3n) is 6.57. The summed E-state index contributed by atoms with van der Waals surface area (Å²) in [6, 6.07) is 11.9. The molecular weight excluding hydrogens is 516 g/mol. The number of aryl methyl sites for hydroxylation is 1. The van der Waals surface area contributed by atoms with Gasteiger partial charge in [0.1, 0.15) is 17.5 Å². The van der Waals surface area contributed by atoms with Crippen molar-refractivity contribution in [2.45, 2.75) is 13.8 Å². The molecule has 1 aliphatic heterocycles. The lowest BCUT2D eigenvalue weighted by atomic mass is 10.2. The second-order valence-corrected chi connectivity index (χ2v) is 9.40. The summed E-state index contributed by atoms with van der Waals surface area (Å²) in [6.07, 6.45) is 5.56. The predicted octanol–water partition coefficient (Wildman–Crippen LogP) is 5.56. The largest absolute Gasteiger partial charge is 0.421 e. The van der Waals surface area contributed by atoms with Crippen molar-refractivity contribution >= 4 is 40.3 Å². The second-order valence-electron chi connectivity index (χ2n) is 9.40. The zero-order chi connectivity index (χ0) is 27.6. The Morgan fingerprint density at radius 2 is 1.77 bits per heavy atom. The first-order chi connectivity index (χ1) is 19.5. The van der Waals surface area contributed by atoms with E-state index in [0.29, 0.717) is 36.2 Å². The molecule has 1 fully saturated rings. The number of halogens is 2. The molecule has 0 spiro atoms. The van der Waals surface area contributed by atoms with Crippen LogP contribution in [-0.2, 0) is 0 Å². The van der Waals surface area contributed by atoms with Crippen molar-refractivity contribution in [2.24, 2.45) is 0 Å². The van der Waals surface area contributed by atoms with E-state index in [1.807, 2.05) is 43.3 Å². The number of hydrogen-bond acceptors (Lipinski definition) is 8. The molecule has 0 amide bonds. The number of fused-ring (bicyclic) bond motifs is 1. The van der Waals surface area contributed by atoms with Crippen LogP contribution in [0.1, 0.15) is 18.3 Å². The zero-order valence-corrected chi connectivity index (χ0v) is 21.9. The van der Waals surface area contributed by atoms with Crippen LogP contribution < -0.4 is 19.9 Å². The van der Waals surface area contributed by atoms with E-state index in [1.165, 1.54) is 6.07 Å². The number of rotatable bonds is 7. The Morgan fingerprint density at radius 1 is 0.975 bits per heavy atom. The lowest BCUT2D eigenvalue weighted by molar-refractivity contribution is 0.410. The van der Waals surface area contributed by atoms with Gasteiger partial charge in [0.2, 0.25) is 0 Å². The van der Waals surface area contributed by atoms with Crippen molar-refractivity contribution in [1.82, 2.24) is 30.1 Å². The summed E-state index contributed by atoms with van der Waals surface area (Å²) in [5, 5.41) is 10.4. The molecule has 0 unspecified atom stereocenters. The number of piperazine rings is 1. The van der Waals surface area contributed by atoms with Crippen molar-refractivity contribution < 1.29 is 13.5 Å². The van der Waals surface area contributed by atoms with E-state index in [1.54, 1.807) is 19.2 Å². The highest BCUT2D eigenvalue weighted by atomic mass is 19.1. The molecule has 1 aliphatic rings. The Labute approximate surface area is 228 Å². The van der Waals surface area contributed by atoms with Gasteiger partial charge in [-0.2, -0.15) is 15.1 Å². The molecule has 6 rings (SSSR count). The number of H-pyrrole nitrogens is 2. The molecule has 40 heavy (non-hydrogen) atoms. The van der Waals surface area contributed by atoms with Gasteiger partial charge >= 0.3 is 6.01 Å². The van der Waals surface area contributed by atoms with E-state index in [9.17, 15) is 4.39 Å². The van der Waals surface area contributed by atoms with Gasteiger partial charge in [-0.1, -0.05) is 12.1 Å². The minimum Gasteiger partial charge on any atom is -0.421 e. The number of nitrogens with one attached hydrogen (secondary N) is 3. The smallest absolute Gasteiger partial charge is 0.326 e. The Morgan fingerprint density at radius 3 is 2.52 bits per heavy atom. The minimum atomic E-state index is -0.698. The quantitative estimate of drug-likeness (QED) is 0.245. The van der Waals surface area contributed by atoms with Crippen LogP contribution in [0.3, 0.4) is 0 Å². The number of anilines is 4. The fourth-order valence-corrected chi connectivity index (χ4v) is 4.69. The van der Waals surface area contributed by atoms with Crippen LogP contribution in [-0.4, -0.2) is 56.3 Å². The first-order valence-electron chi connectivity index (χ1n) is 12.9.